The van der Waals surface area contributed by atoms with Crippen LogP contribution in [0.2, 0.25) is 0 Å². The van der Waals surface area contributed by atoms with Crippen LogP contribution < -0.4 is 0 Å². The van der Waals surface area contributed by atoms with Crippen molar-refractivity contribution in [3.63, 3.8) is 0 Å². The van der Waals surface area contributed by atoms with Crippen LogP contribution in [0.4, 0.5) is 5.69 Å². The summed E-state index contributed by atoms with van der Waals surface area (Å²) in [5.41, 5.74) is -0.436. The maximum absolute atomic E-state index is 11.4. The van der Waals surface area contributed by atoms with E-state index in [1.54, 1.807) is 0 Å². The number of ether oxygens (including phenoxy) is 1. The number of nitro benzene ring substituents is 1. The molecule has 1 rings (SSSR count). The van der Waals surface area contributed by atoms with Gasteiger partial charge in [-0.3, -0.25) is 10.1 Å². The second kappa shape index (κ2) is 5.77. The summed E-state index contributed by atoms with van der Waals surface area (Å²) in [4.78, 5) is 21.2. The van der Waals surface area contributed by atoms with Crippen molar-refractivity contribution in [2.45, 2.75) is 0 Å². The van der Waals surface area contributed by atoms with Gasteiger partial charge >= 0.3 is 5.97 Å². The van der Waals surface area contributed by atoms with Crippen LogP contribution in [0.3, 0.4) is 0 Å². The molecule has 0 heterocycles. The molecule has 0 unspecified atom stereocenters. The Morgan fingerprint density at radius 2 is 1.83 bits per heavy atom. The minimum absolute atomic E-state index is 0.0760. The smallest absolute Gasteiger partial charge is 0.343 e. The van der Waals surface area contributed by atoms with Gasteiger partial charge in [0.05, 0.1) is 10.5 Å². The molecule has 0 saturated heterocycles. The van der Waals surface area contributed by atoms with Gasteiger partial charge in [-0.25, -0.2) is 4.79 Å². The minimum Gasteiger partial charge on any atom is -0.429 e. The average molecular weight is 243 g/mol. The van der Waals surface area contributed by atoms with E-state index >= 15 is 0 Å². The minimum atomic E-state index is -0.812. The van der Waals surface area contributed by atoms with Gasteiger partial charge in [-0.15, -0.1) is 0 Å². The summed E-state index contributed by atoms with van der Waals surface area (Å²) < 4.78 is 4.56. The van der Waals surface area contributed by atoms with Crippen LogP contribution in [0.25, 0.3) is 0 Å². The van der Waals surface area contributed by atoms with Crippen molar-refractivity contribution < 1.29 is 14.5 Å². The lowest BCUT2D eigenvalue weighted by atomic mass is 10.2. The van der Waals surface area contributed by atoms with Crippen molar-refractivity contribution in [3.8, 4) is 12.1 Å². The van der Waals surface area contributed by atoms with Crippen molar-refractivity contribution in [1.82, 2.24) is 0 Å². The average Bonchev–Trinajstić information content (AvgIpc) is 2.39. The summed E-state index contributed by atoms with van der Waals surface area (Å²) in [5.74, 6) is -0.812. The molecule has 0 amide bonds. The summed E-state index contributed by atoms with van der Waals surface area (Å²) in [6, 6.07) is 7.76. The third kappa shape index (κ3) is 3.15. The Morgan fingerprint density at radius 3 is 2.28 bits per heavy atom. The number of allylic oxidation sites excluding steroid dienone is 1. The number of benzene rings is 1. The monoisotopic (exact) mass is 243 g/mol. The molecule has 7 heteroatoms. The van der Waals surface area contributed by atoms with E-state index in [1.807, 2.05) is 0 Å². The fourth-order valence-electron chi connectivity index (χ4n) is 0.977. The molecule has 0 radical (unpaired) electrons. The lowest BCUT2D eigenvalue weighted by Crippen LogP contribution is -2.01. The molecule has 0 aliphatic rings. The second-order valence-electron chi connectivity index (χ2n) is 2.96. The zero-order chi connectivity index (χ0) is 13.5. The second-order valence-corrected chi connectivity index (χ2v) is 2.96. The van der Waals surface area contributed by atoms with Crippen LogP contribution in [0.15, 0.2) is 36.1 Å². The summed E-state index contributed by atoms with van der Waals surface area (Å²) >= 11 is 0. The van der Waals surface area contributed by atoms with Gasteiger partial charge in [-0.05, 0) is 12.1 Å². The SMILES string of the molecule is N#CC(C#N)=COC(=O)c1ccc([N+](=O)[O-])cc1. The summed E-state index contributed by atoms with van der Waals surface area (Å²) in [7, 11) is 0. The molecule has 0 bridgehead atoms. The Bertz CT molecular complexity index is 574. The maximum Gasteiger partial charge on any atom is 0.343 e. The highest BCUT2D eigenvalue weighted by atomic mass is 16.6. The van der Waals surface area contributed by atoms with Crippen molar-refractivity contribution in [3.05, 3.63) is 51.8 Å². The molecule has 18 heavy (non-hydrogen) atoms. The number of nitro groups is 1. The number of nitriles is 2. The molecule has 0 aliphatic carbocycles. The van der Waals surface area contributed by atoms with E-state index in [4.69, 9.17) is 10.5 Å². The van der Waals surface area contributed by atoms with Crippen LogP contribution in [-0.2, 0) is 4.74 Å². The predicted octanol–water partition coefficient (Wildman–Crippen LogP) is 1.68. The van der Waals surface area contributed by atoms with Gasteiger partial charge in [-0.2, -0.15) is 10.5 Å². The maximum atomic E-state index is 11.4. The van der Waals surface area contributed by atoms with Gasteiger partial charge in [0.25, 0.3) is 5.69 Å². The van der Waals surface area contributed by atoms with E-state index in [0.29, 0.717) is 0 Å². The van der Waals surface area contributed by atoms with E-state index in [1.165, 1.54) is 24.3 Å². The Labute approximate surface area is 101 Å². The normalized spacial score (nSPS) is 8.56. The highest BCUT2D eigenvalue weighted by Gasteiger charge is 2.10. The fraction of sp³-hybridized carbons (Fsp3) is 0. The van der Waals surface area contributed by atoms with Crippen LogP contribution in [-0.4, -0.2) is 10.9 Å². The number of rotatable bonds is 3. The van der Waals surface area contributed by atoms with Crippen molar-refractivity contribution in [1.29, 1.82) is 10.5 Å². The zero-order valence-corrected chi connectivity index (χ0v) is 8.86. The summed E-state index contributed by atoms with van der Waals surface area (Å²) in [5, 5.41) is 27.2. The molecule has 0 atom stereocenters. The Hall–Kier alpha value is -3.19. The van der Waals surface area contributed by atoms with E-state index in [-0.39, 0.29) is 16.8 Å². The van der Waals surface area contributed by atoms with Crippen molar-refractivity contribution >= 4 is 11.7 Å². The molecule has 7 nitrogen and oxygen atoms in total. The highest BCUT2D eigenvalue weighted by molar-refractivity contribution is 5.90. The summed E-state index contributed by atoms with van der Waals surface area (Å²) in [6.07, 6.45) is 0.726. The molecule has 0 saturated carbocycles. The predicted molar refractivity (Wildman–Crippen MR) is 57.8 cm³/mol. The van der Waals surface area contributed by atoms with E-state index in [0.717, 1.165) is 18.4 Å². The molecular weight excluding hydrogens is 238 g/mol. The van der Waals surface area contributed by atoms with E-state index < -0.39 is 10.9 Å². The van der Waals surface area contributed by atoms with Crippen molar-refractivity contribution in [2.75, 3.05) is 0 Å². The van der Waals surface area contributed by atoms with E-state index in [9.17, 15) is 14.9 Å². The van der Waals surface area contributed by atoms with Gasteiger partial charge in [0.15, 0.2) is 5.57 Å². The lowest BCUT2D eigenvalue weighted by Gasteiger charge is -1.98. The Balaban J connectivity index is 2.81. The number of non-ortho nitro benzene ring substituents is 1. The van der Waals surface area contributed by atoms with Crippen LogP contribution in [0, 0.1) is 32.8 Å². The van der Waals surface area contributed by atoms with Gasteiger partial charge in [0.2, 0.25) is 0 Å². The first kappa shape index (κ1) is 12.9. The van der Waals surface area contributed by atoms with Gasteiger partial charge in [0.1, 0.15) is 18.4 Å². The molecule has 0 spiro atoms. The van der Waals surface area contributed by atoms with E-state index in [2.05, 4.69) is 4.74 Å². The third-order valence-corrected chi connectivity index (χ3v) is 1.84. The number of nitrogens with zero attached hydrogens (tertiary/aromatic N) is 3. The molecule has 0 aliphatic heterocycles. The quantitative estimate of drug-likeness (QED) is 0.262. The first-order valence-corrected chi connectivity index (χ1v) is 4.54. The van der Waals surface area contributed by atoms with Crippen LogP contribution >= 0.6 is 0 Å². The summed E-state index contributed by atoms with van der Waals surface area (Å²) in [6.45, 7) is 0. The van der Waals surface area contributed by atoms with Crippen LogP contribution in [0.1, 0.15) is 10.4 Å². The molecule has 1 aromatic rings. The fourth-order valence-corrected chi connectivity index (χ4v) is 0.977. The van der Waals surface area contributed by atoms with Crippen LogP contribution in [0.5, 0.6) is 0 Å². The van der Waals surface area contributed by atoms with Crippen molar-refractivity contribution in [2.24, 2.45) is 0 Å². The number of esters is 1. The largest absolute Gasteiger partial charge is 0.429 e. The molecule has 0 N–H and O–H groups in total. The highest BCUT2D eigenvalue weighted by Crippen LogP contribution is 2.12. The number of hydrogen-bond donors (Lipinski definition) is 0. The number of hydrogen-bond acceptors (Lipinski definition) is 6. The molecule has 0 aromatic heterocycles. The number of carbonyl (C=O) groups excluding carboxylic acids is 1. The zero-order valence-electron chi connectivity index (χ0n) is 8.86. The Kier molecular flexibility index (Phi) is 4.13. The van der Waals surface area contributed by atoms with Gasteiger partial charge in [0, 0.05) is 12.1 Å². The standard InChI is InChI=1S/C11H5N3O4/c12-5-8(6-13)7-18-11(15)9-1-3-10(4-2-9)14(16)17/h1-4,7H. The molecular formula is C11H5N3O4. The lowest BCUT2D eigenvalue weighted by molar-refractivity contribution is -0.384. The number of carbonyl (C=O) groups is 1. The molecule has 1 aromatic carbocycles. The first-order chi connectivity index (χ1) is 8.58. The first-order valence-electron chi connectivity index (χ1n) is 4.54. The van der Waals surface area contributed by atoms with Gasteiger partial charge in [-0.1, -0.05) is 0 Å². The third-order valence-electron chi connectivity index (χ3n) is 1.84. The molecule has 88 valence electrons. The molecule has 0 fully saturated rings. The van der Waals surface area contributed by atoms with Gasteiger partial charge < -0.3 is 4.74 Å². The topological polar surface area (TPSA) is 117 Å². The Morgan fingerprint density at radius 1 is 1.28 bits per heavy atom.